The second-order valence-electron chi connectivity index (χ2n) is 6.93. The molecule has 7 nitrogen and oxygen atoms in total. The van der Waals surface area contributed by atoms with Gasteiger partial charge in [0.2, 0.25) is 0 Å². The first-order valence-electron chi connectivity index (χ1n) is 9.52. The molecular weight excluding hydrogens is 397 g/mol. The molecule has 3 heterocycles. The van der Waals surface area contributed by atoms with Gasteiger partial charge in [-0.1, -0.05) is 24.3 Å². The third-order valence-corrected chi connectivity index (χ3v) is 4.78. The average molecular weight is 413 g/mol. The van der Waals surface area contributed by atoms with Crippen LogP contribution < -0.4 is 5.32 Å². The SMILES string of the molecule is Cc1cccc(-n2nc(C(=O)Nc3ccccc3F)cc2-c2ccc3ncoc3c2)n1. The van der Waals surface area contributed by atoms with Crippen molar-refractivity contribution in [2.75, 3.05) is 5.32 Å². The van der Waals surface area contributed by atoms with Crippen molar-refractivity contribution in [1.29, 1.82) is 0 Å². The normalized spacial score (nSPS) is 11.0. The van der Waals surface area contributed by atoms with Gasteiger partial charge in [-0.2, -0.15) is 5.10 Å². The van der Waals surface area contributed by atoms with Gasteiger partial charge in [0.25, 0.3) is 5.91 Å². The van der Waals surface area contributed by atoms with Gasteiger partial charge in [0.05, 0.1) is 11.4 Å². The van der Waals surface area contributed by atoms with E-state index in [1.54, 1.807) is 28.9 Å². The molecule has 5 rings (SSSR count). The standard InChI is InChI=1S/C23H16FN5O2/c1-14-5-4-8-22(26-14)29-20(15-9-10-18-21(11-15)31-13-25-18)12-19(28-29)23(30)27-17-7-3-2-6-16(17)24/h2-13H,1H3,(H,27,30). The second kappa shape index (κ2) is 7.49. The lowest BCUT2D eigenvalue weighted by Crippen LogP contribution is -2.14. The van der Waals surface area contributed by atoms with Gasteiger partial charge < -0.3 is 9.73 Å². The lowest BCUT2D eigenvalue weighted by Gasteiger charge is -2.07. The summed E-state index contributed by atoms with van der Waals surface area (Å²) in [6.45, 7) is 1.87. The van der Waals surface area contributed by atoms with Crippen LogP contribution in [0.4, 0.5) is 10.1 Å². The molecule has 0 aliphatic carbocycles. The van der Waals surface area contributed by atoms with Gasteiger partial charge in [-0.05, 0) is 49.4 Å². The molecule has 0 aliphatic heterocycles. The molecular formula is C23H16FN5O2. The maximum atomic E-state index is 14.0. The Morgan fingerprint density at radius 3 is 2.77 bits per heavy atom. The highest BCUT2D eigenvalue weighted by Gasteiger charge is 2.19. The highest BCUT2D eigenvalue weighted by molar-refractivity contribution is 6.03. The molecule has 0 spiro atoms. The van der Waals surface area contributed by atoms with Crippen molar-refractivity contribution < 1.29 is 13.6 Å². The van der Waals surface area contributed by atoms with Crippen LogP contribution in [0.2, 0.25) is 0 Å². The zero-order chi connectivity index (χ0) is 21.4. The highest BCUT2D eigenvalue weighted by atomic mass is 19.1. The van der Waals surface area contributed by atoms with Gasteiger partial charge >= 0.3 is 0 Å². The van der Waals surface area contributed by atoms with E-state index < -0.39 is 11.7 Å². The van der Waals surface area contributed by atoms with E-state index in [2.05, 4.69) is 20.4 Å². The number of halogens is 1. The van der Waals surface area contributed by atoms with E-state index in [9.17, 15) is 9.18 Å². The Balaban J connectivity index is 1.61. The molecule has 0 saturated carbocycles. The predicted octanol–water partition coefficient (Wildman–Crippen LogP) is 4.78. The number of aryl methyl sites for hydroxylation is 1. The van der Waals surface area contributed by atoms with Crippen molar-refractivity contribution in [3.8, 4) is 17.1 Å². The lowest BCUT2D eigenvalue weighted by atomic mass is 10.1. The van der Waals surface area contributed by atoms with E-state index in [0.29, 0.717) is 17.1 Å². The molecule has 31 heavy (non-hydrogen) atoms. The maximum Gasteiger partial charge on any atom is 0.276 e. The average Bonchev–Trinajstić information content (AvgIpc) is 3.42. The Hall–Kier alpha value is -4.33. The van der Waals surface area contributed by atoms with E-state index in [0.717, 1.165) is 16.8 Å². The lowest BCUT2D eigenvalue weighted by molar-refractivity contribution is 0.102. The molecule has 0 radical (unpaired) electrons. The summed E-state index contributed by atoms with van der Waals surface area (Å²) < 4.78 is 21.0. The van der Waals surface area contributed by atoms with Crippen molar-refractivity contribution >= 4 is 22.7 Å². The number of benzene rings is 2. The summed E-state index contributed by atoms with van der Waals surface area (Å²) in [6.07, 6.45) is 1.38. The Kier molecular flexibility index (Phi) is 4.51. The van der Waals surface area contributed by atoms with E-state index in [1.165, 1.54) is 18.5 Å². The van der Waals surface area contributed by atoms with E-state index in [4.69, 9.17) is 4.42 Å². The number of oxazole rings is 1. The van der Waals surface area contributed by atoms with Crippen LogP contribution in [0.25, 0.3) is 28.2 Å². The minimum atomic E-state index is -0.529. The number of aromatic nitrogens is 4. The summed E-state index contributed by atoms with van der Waals surface area (Å²) in [7, 11) is 0. The summed E-state index contributed by atoms with van der Waals surface area (Å²) >= 11 is 0. The number of fused-ring (bicyclic) bond motifs is 1. The first-order chi connectivity index (χ1) is 15.1. The minimum Gasteiger partial charge on any atom is -0.443 e. The zero-order valence-electron chi connectivity index (χ0n) is 16.4. The fourth-order valence-electron chi connectivity index (χ4n) is 3.28. The Morgan fingerprint density at radius 1 is 1.06 bits per heavy atom. The highest BCUT2D eigenvalue weighted by Crippen LogP contribution is 2.27. The van der Waals surface area contributed by atoms with Crippen LogP contribution in [0.3, 0.4) is 0 Å². The van der Waals surface area contributed by atoms with E-state index in [1.807, 2.05) is 37.3 Å². The summed E-state index contributed by atoms with van der Waals surface area (Å²) in [6, 6.07) is 18.7. The first-order valence-corrected chi connectivity index (χ1v) is 9.52. The zero-order valence-corrected chi connectivity index (χ0v) is 16.4. The Labute approximate surface area is 176 Å². The molecule has 0 fully saturated rings. The van der Waals surface area contributed by atoms with Crippen LogP contribution in [-0.2, 0) is 0 Å². The fraction of sp³-hybridized carbons (Fsp3) is 0.0435. The summed E-state index contributed by atoms with van der Waals surface area (Å²) in [5, 5.41) is 7.03. The number of nitrogens with zero attached hydrogens (tertiary/aromatic N) is 4. The van der Waals surface area contributed by atoms with Gasteiger partial charge in [-0.15, -0.1) is 0 Å². The molecule has 2 aromatic carbocycles. The number of para-hydroxylation sites is 1. The predicted molar refractivity (Wildman–Crippen MR) is 113 cm³/mol. The first kappa shape index (κ1) is 18.7. The van der Waals surface area contributed by atoms with Crippen LogP contribution in [0, 0.1) is 12.7 Å². The van der Waals surface area contributed by atoms with E-state index >= 15 is 0 Å². The molecule has 8 heteroatoms. The summed E-state index contributed by atoms with van der Waals surface area (Å²) in [5.74, 6) is -0.497. The fourth-order valence-corrected chi connectivity index (χ4v) is 3.28. The third-order valence-electron chi connectivity index (χ3n) is 4.78. The molecule has 1 N–H and O–H groups in total. The monoisotopic (exact) mass is 413 g/mol. The number of carbonyl (C=O) groups is 1. The van der Waals surface area contributed by atoms with Gasteiger partial charge in [-0.3, -0.25) is 4.79 Å². The number of carbonyl (C=O) groups excluding carboxylic acids is 1. The van der Waals surface area contributed by atoms with Crippen LogP contribution in [0.1, 0.15) is 16.2 Å². The van der Waals surface area contributed by atoms with Crippen LogP contribution >= 0.6 is 0 Å². The van der Waals surface area contributed by atoms with Crippen LogP contribution in [-0.4, -0.2) is 25.7 Å². The van der Waals surface area contributed by atoms with Crippen molar-refractivity contribution in [3.05, 3.63) is 90.3 Å². The Morgan fingerprint density at radius 2 is 1.94 bits per heavy atom. The van der Waals surface area contributed by atoms with Gasteiger partial charge in [-0.25, -0.2) is 19.0 Å². The largest absolute Gasteiger partial charge is 0.443 e. The van der Waals surface area contributed by atoms with E-state index in [-0.39, 0.29) is 11.4 Å². The molecule has 0 bridgehead atoms. The number of hydrogen-bond donors (Lipinski definition) is 1. The summed E-state index contributed by atoms with van der Waals surface area (Å²) in [4.78, 5) is 21.5. The quantitative estimate of drug-likeness (QED) is 0.458. The molecule has 1 amide bonds. The molecule has 0 aliphatic rings. The van der Waals surface area contributed by atoms with Crippen molar-refractivity contribution in [2.24, 2.45) is 0 Å². The minimum absolute atomic E-state index is 0.0837. The maximum absolute atomic E-state index is 14.0. The molecule has 3 aromatic heterocycles. The van der Waals surface area contributed by atoms with Gasteiger partial charge in [0.15, 0.2) is 23.5 Å². The number of anilines is 1. The second-order valence-corrected chi connectivity index (χ2v) is 6.93. The number of rotatable bonds is 4. The number of nitrogens with one attached hydrogen (secondary N) is 1. The topological polar surface area (TPSA) is 85.8 Å². The summed E-state index contributed by atoms with van der Waals surface area (Å²) in [5.41, 5.74) is 3.75. The molecule has 0 atom stereocenters. The van der Waals surface area contributed by atoms with Crippen molar-refractivity contribution in [1.82, 2.24) is 19.7 Å². The number of pyridine rings is 1. The number of amides is 1. The van der Waals surface area contributed by atoms with Crippen molar-refractivity contribution in [3.63, 3.8) is 0 Å². The van der Waals surface area contributed by atoms with Crippen LogP contribution in [0.15, 0.2) is 77.5 Å². The molecule has 152 valence electrons. The van der Waals surface area contributed by atoms with Crippen molar-refractivity contribution in [2.45, 2.75) is 6.92 Å². The molecule has 0 saturated heterocycles. The Bertz CT molecular complexity index is 1420. The molecule has 0 unspecified atom stereocenters. The van der Waals surface area contributed by atoms with Gasteiger partial charge in [0, 0.05) is 11.3 Å². The molecule has 5 aromatic rings. The van der Waals surface area contributed by atoms with Gasteiger partial charge in [0.1, 0.15) is 11.3 Å². The van der Waals surface area contributed by atoms with Crippen LogP contribution in [0.5, 0.6) is 0 Å². The third kappa shape index (κ3) is 3.55. The smallest absolute Gasteiger partial charge is 0.276 e. The number of hydrogen-bond acceptors (Lipinski definition) is 5.